The maximum Gasteiger partial charge on any atom is 1.00 e. The molecule has 4 aliphatic rings. The Morgan fingerprint density at radius 2 is 1.97 bits per heavy atom. The van der Waals surface area contributed by atoms with Gasteiger partial charge in [-0.3, -0.25) is 14.4 Å². The number of ether oxygens (including phenoxy) is 1. The van der Waals surface area contributed by atoms with Gasteiger partial charge in [-0.2, -0.15) is 0 Å². The van der Waals surface area contributed by atoms with Crippen molar-refractivity contribution < 1.29 is 70.2 Å². The van der Waals surface area contributed by atoms with Gasteiger partial charge in [-0.15, -0.1) is 0 Å². The number of carbonyl (C=O) groups is 4. The van der Waals surface area contributed by atoms with Crippen LogP contribution in [0, 0.1) is 34.5 Å². The van der Waals surface area contributed by atoms with E-state index in [0.717, 1.165) is 5.57 Å². The van der Waals surface area contributed by atoms with Crippen molar-refractivity contribution in [1.29, 1.82) is 0 Å². The molecule has 0 aromatic rings. The van der Waals surface area contributed by atoms with Crippen LogP contribution >= 0.6 is 0 Å². The molecule has 186 valence electrons. The van der Waals surface area contributed by atoms with Crippen molar-refractivity contribution in [3.8, 4) is 0 Å². The van der Waals surface area contributed by atoms with E-state index >= 15 is 0 Å². The molecule has 35 heavy (non-hydrogen) atoms. The predicted molar refractivity (Wildman–Crippen MR) is 118 cm³/mol. The Hall–Kier alpha value is -1.32. The van der Waals surface area contributed by atoms with E-state index < -0.39 is 59.7 Å². The van der Waals surface area contributed by atoms with Crippen molar-refractivity contribution in [2.24, 2.45) is 34.5 Å². The first kappa shape index (κ1) is 26.7. The van der Waals surface area contributed by atoms with E-state index in [1.165, 1.54) is 6.08 Å². The Balaban J connectivity index is 0.00000361. The van der Waals surface area contributed by atoms with Crippen LogP contribution in [0.2, 0.25) is 0 Å². The van der Waals surface area contributed by atoms with Crippen molar-refractivity contribution in [3.05, 3.63) is 23.8 Å². The summed E-state index contributed by atoms with van der Waals surface area (Å²) in [5, 5.41) is 33.6. The van der Waals surface area contributed by atoms with Gasteiger partial charge < -0.3 is 24.9 Å². The van der Waals surface area contributed by atoms with Crippen molar-refractivity contribution in [2.45, 2.75) is 71.0 Å². The number of rotatable bonds is 6. The van der Waals surface area contributed by atoms with Crippen LogP contribution in [0.15, 0.2) is 23.8 Å². The summed E-state index contributed by atoms with van der Waals surface area (Å²) in [7, 11) is 0. The van der Waals surface area contributed by atoms with Gasteiger partial charge in [-0.1, -0.05) is 32.4 Å². The molecule has 4 rings (SSSR count). The molecule has 8 atom stereocenters. The molecule has 0 bridgehead atoms. The number of carboxylic acid groups (broad SMARTS) is 1. The van der Waals surface area contributed by atoms with Crippen LogP contribution in [0.3, 0.4) is 0 Å². The minimum atomic E-state index is -1.79. The number of aliphatic hydroxyl groups is 2. The van der Waals surface area contributed by atoms with Crippen LogP contribution in [-0.2, 0) is 23.9 Å². The molecule has 0 heterocycles. The number of hydrogen-bond acceptors (Lipinski definition) is 8. The van der Waals surface area contributed by atoms with Gasteiger partial charge in [-0.25, -0.2) is 0 Å². The smallest absolute Gasteiger partial charge is 0.550 e. The van der Waals surface area contributed by atoms with E-state index in [9.17, 15) is 34.5 Å². The summed E-state index contributed by atoms with van der Waals surface area (Å²) >= 11 is 0. The number of Topliss-reactive ketones (excluding diaryl/α,β-unsaturated/α-hetero) is 1. The molecule has 0 unspecified atom stereocenters. The molecule has 0 radical (unpaired) electrons. The Morgan fingerprint density at radius 1 is 1.29 bits per heavy atom. The van der Waals surface area contributed by atoms with Gasteiger partial charge >= 0.3 is 35.5 Å². The number of hydrogen-bond donors (Lipinski definition) is 2. The van der Waals surface area contributed by atoms with Gasteiger partial charge in [0.05, 0.1) is 13.9 Å². The van der Waals surface area contributed by atoms with E-state index in [1.54, 1.807) is 0 Å². The number of aliphatic carboxylic acids is 1. The average molecular weight is 499 g/mol. The quantitative estimate of drug-likeness (QED) is 0.313. The van der Waals surface area contributed by atoms with Crippen molar-refractivity contribution in [3.63, 3.8) is 0 Å². The summed E-state index contributed by atoms with van der Waals surface area (Å²) in [5.74, 6) is -3.66. The Labute approximate surface area is 228 Å². The molecule has 0 aliphatic heterocycles. The molecule has 3 saturated carbocycles. The van der Waals surface area contributed by atoms with Crippen molar-refractivity contribution >= 4 is 23.5 Å². The summed E-state index contributed by atoms with van der Waals surface area (Å²) < 4.78 is 13.4. The first-order chi connectivity index (χ1) is 16.3. The molecule has 2 N–H and O–H groups in total. The van der Waals surface area contributed by atoms with Crippen LogP contribution in [0.1, 0.15) is 60.7 Å². The Morgan fingerprint density at radius 3 is 2.63 bits per heavy atom. The molecule has 0 amide bonds. The maximum absolute atomic E-state index is 13.2. The largest absolute Gasteiger partial charge is 1.00 e. The zero-order chi connectivity index (χ0) is 25.9. The second kappa shape index (κ2) is 9.86. The van der Waals surface area contributed by atoms with E-state index in [-0.39, 0.29) is 77.9 Å². The minimum absolute atomic E-state index is 0. The van der Waals surface area contributed by atoms with Gasteiger partial charge in [0.25, 0.3) is 0 Å². The number of aliphatic hydroxyl groups excluding tert-OH is 1. The second-order valence-corrected chi connectivity index (χ2v) is 11.0. The van der Waals surface area contributed by atoms with Gasteiger partial charge in [0.1, 0.15) is 5.60 Å². The predicted octanol–water partition coefficient (Wildman–Crippen LogP) is -2.11. The molecular weight excluding hydrogens is 463 g/mol. The summed E-state index contributed by atoms with van der Waals surface area (Å²) in [6.07, 6.45) is 2.96. The zero-order valence-electron chi connectivity index (χ0n) is 21.8. The van der Waals surface area contributed by atoms with Crippen LogP contribution in [-0.4, -0.2) is 52.0 Å². The molecular formula is C26H33NaO8. The monoisotopic (exact) mass is 498 g/mol. The Kier molecular flexibility index (Phi) is 7.53. The fourth-order valence-electron chi connectivity index (χ4n) is 7.65. The normalized spacial score (nSPS) is 42.3. The van der Waals surface area contributed by atoms with E-state index in [2.05, 4.69) is 0 Å². The third kappa shape index (κ3) is 4.50. The number of ketones is 2. The molecule has 0 aromatic heterocycles. The molecule has 3 fully saturated rings. The van der Waals surface area contributed by atoms with E-state index in [1.807, 2.05) is 26.8 Å². The van der Waals surface area contributed by atoms with Gasteiger partial charge in [0, 0.05) is 22.7 Å². The van der Waals surface area contributed by atoms with E-state index in [0.29, 0.717) is 12.8 Å². The maximum atomic E-state index is 13.2. The van der Waals surface area contributed by atoms with Crippen LogP contribution in [0.25, 0.3) is 0 Å². The average Bonchev–Trinajstić information content (AvgIpc) is 3.04. The number of carboxylic acids is 1. The van der Waals surface area contributed by atoms with Gasteiger partial charge in [0.2, 0.25) is 5.78 Å². The summed E-state index contributed by atoms with van der Waals surface area (Å²) in [4.78, 5) is 47.7. The number of esters is 1. The molecule has 8 nitrogen and oxygen atoms in total. The summed E-state index contributed by atoms with van der Waals surface area (Å²) in [6.45, 7) is 5.11. The summed E-state index contributed by atoms with van der Waals surface area (Å²) in [6, 6.07) is 0.0000788. The molecule has 0 spiro atoms. The number of fused-ring (bicyclic) bond motifs is 5. The zero-order valence-corrected chi connectivity index (χ0v) is 22.8. The fourth-order valence-corrected chi connectivity index (χ4v) is 7.65. The van der Waals surface area contributed by atoms with Crippen LogP contribution in [0.4, 0.5) is 0 Å². The first-order valence-electron chi connectivity index (χ1n) is 12.5. The third-order valence-corrected chi connectivity index (χ3v) is 9.20. The number of carbonyl (C=O) groups excluding carboxylic acids is 4. The van der Waals surface area contributed by atoms with Gasteiger partial charge in [0.15, 0.2) is 12.4 Å². The van der Waals surface area contributed by atoms with E-state index in [4.69, 9.17) is 6.11 Å². The standard InChI is InChI=1S/C26H34O8.Na/c1-14-10-16-17-7-9-26(33,20(29)13-34-22(32)5-4-21(30)31)25(17,3)12-19(28)23(16)24(2)8-6-15(27)11-18(14)24;/h6,8,11,14,16-17,19,23,28,33H,4-5,7,9-10,12-13H2,1-3H3,(H,30,31);/q;+1/p-1/t14-,16-,17-,19-,23+,24-,25-,26-;/m0./s1/i11T;. The molecule has 0 saturated heterocycles. The molecule has 0 aromatic carbocycles. The summed E-state index contributed by atoms with van der Waals surface area (Å²) in [5.41, 5.74) is -2.65. The fraction of sp³-hybridized carbons (Fsp3) is 0.692. The Bertz CT molecular complexity index is 1040. The third-order valence-electron chi connectivity index (χ3n) is 9.20. The SMILES string of the molecule is [3H]C1=C2[C@@H](C)C[C@@H]3[C@H]([C@@H](O)C[C@@]4(C)[C@H]3CC[C@]4(O)C(=O)COC(=O)CCC(=O)[O-])[C@@]2(C)C=CC1=O.[Na+]. The van der Waals surface area contributed by atoms with Crippen molar-refractivity contribution in [2.75, 3.05) is 6.61 Å². The first-order valence-corrected chi connectivity index (χ1v) is 12.0. The van der Waals surface area contributed by atoms with Crippen LogP contribution < -0.4 is 34.7 Å². The number of allylic oxidation sites excluding steroid dienone is 4. The molecule has 9 heteroatoms. The van der Waals surface area contributed by atoms with Crippen LogP contribution in [0.5, 0.6) is 0 Å². The second-order valence-electron chi connectivity index (χ2n) is 11.0. The minimum Gasteiger partial charge on any atom is -0.550 e. The van der Waals surface area contributed by atoms with Crippen molar-refractivity contribution in [1.82, 2.24) is 0 Å². The molecule has 4 aliphatic carbocycles. The van der Waals surface area contributed by atoms with Gasteiger partial charge in [-0.05, 0) is 62.0 Å². The topological polar surface area (TPSA) is 141 Å².